The number of hydrogen-bond acceptors (Lipinski definition) is 2. The van der Waals surface area contributed by atoms with Crippen molar-refractivity contribution < 1.29 is 13.6 Å². The molecule has 0 saturated heterocycles. The molecule has 110 valence electrons. The van der Waals surface area contributed by atoms with Gasteiger partial charge in [0.1, 0.15) is 17.3 Å². The number of amides is 1. The van der Waals surface area contributed by atoms with E-state index in [9.17, 15) is 13.6 Å². The molecule has 0 fully saturated rings. The van der Waals surface area contributed by atoms with Gasteiger partial charge in [0.15, 0.2) is 0 Å². The number of rotatable bonds is 5. The maximum atomic E-state index is 13.4. The first-order valence-corrected chi connectivity index (χ1v) is 6.67. The van der Waals surface area contributed by atoms with Crippen LogP contribution in [-0.2, 0) is 11.2 Å². The van der Waals surface area contributed by atoms with Crippen molar-refractivity contribution in [3.8, 4) is 0 Å². The summed E-state index contributed by atoms with van der Waals surface area (Å²) in [4.78, 5) is 11.7. The molecule has 2 aromatic carbocycles. The van der Waals surface area contributed by atoms with Crippen molar-refractivity contribution in [1.82, 2.24) is 0 Å². The molecular formula is C16H16F2N2O. The number of anilines is 2. The van der Waals surface area contributed by atoms with Crippen molar-refractivity contribution >= 4 is 17.3 Å². The van der Waals surface area contributed by atoms with Gasteiger partial charge in [-0.3, -0.25) is 4.79 Å². The summed E-state index contributed by atoms with van der Waals surface area (Å²) in [6.45, 7) is 1.97. The van der Waals surface area contributed by atoms with Crippen LogP contribution in [0, 0.1) is 11.6 Å². The average molecular weight is 290 g/mol. The molecule has 0 aliphatic heterocycles. The Morgan fingerprint density at radius 1 is 1.10 bits per heavy atom. The van der Waals surface area contributed by atoms with Crippen molar-refractivity contribution in [2.45, 2.75) is 13.3 Å². The van der Waals surface area contributed by atoms with Gasteiger partial charge in [-0.15, -0.1) is 0 Å². The van der Waals surface area contributed by atoms with Crippen LogP contribution >= 0.6 is 0 Å². The molecule has 1 amide bonds. The van der Waals surface area contributed by atoms with E-state index in [0.717, 1.165) is 29.8 Å². The Labute approximate surface area is 122 Å². The van der Waals surface area contributed by atoms with Gasteiger partial charge in [-0.05, 0) is 36.2 Å². The van der Waals surface area contributed by atoms with Gasteiger partial charge in [0.2, 0.25) is 5.91 Å². The minimum Gasteiger partial charge on any atom is -0.376 e. The fraction of sp³-hybridized carbons (Fsp3) is 0.188. The average Bonchev–Trinajstić information content (AvgIpc) is 2.49. The number of hydrogen-bond donors (Lipinski definition) is 2. The van der Waals surface area contributed by atoms with E-state index in [1.54, 1.807) is 0 Å². The van der Waals surface area contributed by atoms with E-state index in [0.29, 0.717) is 0 Å². The molecule has 0 radical (unpaired) electrons. The molecule has 0 heterocycles. The second-order valence-corrected chi connectivity index (χ2v) is 4.55. The van der Waals surface area contributed by atoms with Crippen LogP contribution < -0.4 is 10.6 Å². The highest BCUT2D eigenvalue weighted by molar-refractivity contribution is 5.93. The van der Waals surface area contributed by atoms with Crippen molar-refractivity contribution in [3.63, 3.8) is 0 Å². The first kappa shape index (κ1) is 15.0. The second kappa shape index (κ2) is 6.83. The molecule has 0 spiro atoms. The monoisotopic (exact) mass is 290 g/mol. The molecular weight excluding hydrogens is 274 g/mol. The maximum Gasteiger partial charge on any atom is 0.243 e. The van der Waals surface area contributed by atoms with Crippen molar-refractivity contribution in [1.29, 1.82) is 0 Å². The summed E-state index contributed by atoms with van der Waals surface area (Å²) in [6, 6.07) is 11.1. The molecule has 3 nitrogen and oxygen atoms in total. The number of benzene rings is 2. The van der Waals surface area contributed by atoms with Gasteiger partial charge in [-0.1, -0.05) is 25.1 Å². The molecule has 0 aliphatic carbocycles. The Bertz CT molecular complexity index is 624. The predicted molar refractivity (Wildman–Crippen MR) is 79.3 cm³/mol. The van der Waals surface area contributed by atoms with Crippen LogP contribution in [0.1, 0.15) is 12.5 Å². The number of nitrogens with one attached hydrogen (secondary N) is 2. The third kappa shape index (κ3) is 4.02. The van der Waals surface area contributed by atoms with Crippen LogP contribution in [0.25, 0.3) is 0 Å². The van der Waals surface area contributed by atoms with E-state index in [1.807, 2.05) is 31.2 Å². The normalized spacial score (nSPS) is 10.2. The number of halogens is 2. The quantitative estimate of drug-likeness (QED) is 0.883. The van der Waals surface area contributed by atoms with Gasteiger partial charge in [-0.2, -0.15) is 0 Å². The highest BCUT2D eigenvalue weighted by Crippen LogP contribution is 2.18. The zero-order valence-electron chi connectivity index (χ0n) is 11.6. The van der Waals surface area contributed by atoms with E-state index < -0.39 is 23.2 Å². The minimum absolute atomic E-state index is 0.0685. The van der Waals surface area contributed by atoms with E-state index >= 15 is 0 Å². The standard InChI is InChI=1S/C16H16F2N2O/c1-2-11-5-3-6-12(9-11)19-10-15(21)20-16-13(17)7-4-8-14(16)18/h3-9,19H,2,10H2,1H3,(H,20,21). The highest BCUT2D eigenvalue weighted by Gasteiger charge is 2.11. The topological polar surface area (TPSA) is 41.1 Å². The van der Waals surface area contributed by atoms with Gasteiger partial charge in [0, 0.05) is 5.69 Å². The summed E-state index contributed by atoms with van der Waals surface area (Å²) in [7, 11) is 0. The molecule has 0 saturated carbocycles. The van der Waals surface area contributed by atoms with Gasteiger partial charge < -0.3 is 10.6 Å². The zero-order chi connectivity index (χ0) is 15.2. The molecule has 0 aliphatic rings. The number of carbonyl (C=O) groups excluding carboxylic acids is 1. The van der Waals surface area contributed by atoms with E-state index in [4.69, 9.17) is 0 Å². The Hall–Kier alpha value is -2.43. The lowest BCUT2D eigenvalue weighted by Crippen LogP contribution is -2.23. The first-order valence-electron chi connectivity index (χ1n) is 6.67. The second-order valence-electron chi connectivity index (χ2n) is 4.55. The summed E-state index contributed by atoms with van der Waals surface area (Å²) in [5, 5.41) is 5.15. The highest BCUT2D eigenvalue weighted by atomic mass is 19.1. The third-order valence-electron chi connectivity index (χ3n) is 3.02. The lowest BCUT2D eigenvalue weighted by atomic mass is 10.1. The molecule has 0 atom stereocenters. The molecule has 2 rings (SSSR count). The Morgan fingerprint density at radius 3 is 2.43 bits per heavy atom. The van der Waals surface area contributed by atoms with Crippen LogP contribution in [0.3, 0.4) is 0 Å². The summed E-state index contributed by atoms with van der Waals surface area (Å²) in [6.07, 6.45) is 0.891. The van der Waals surface area contributed by atoms with Crippen molar-refractivity contribution in [2.24, 2.45) is 0 Å². The number of aryl methyl sites for hydroxylation is 1. The smallest absolute Gasteiger partial charge is 0.243 e. The Balaban J connectivity index is 1.96. The zero-order valence-corrected chi connectivity index (χ0v) is 11.6. The summed E-state index contributed by atoms with van der Waals surface area (Å²) in [5.74, 6) is -2.10. The fourth-order valence-corrected chi connectivity index (χ4v) is 1.88. The van der Waals surface area contributed by atoms with Crippen LogP contribution in [0.5, 0.6) is 0 Å². The molecule has 0 bridgehead atoms. The summed E-state index contributed by atoms with van der Waals surface area (Å²) >= 11 is 0. The van der Waals surface area contributed by atoms with Crippen molar-refractivity contribution in [2.75, 3.05) is 17.2 Å². The SMILES string of the molecule is CCc1cccc(NCC(=O)Nc2c(F)cccc2F)c1. The van der Waals surface area contributed by atoms with E-state index in [2.05, 4.69) is 10.6 Å². The molecule has 0 aromatic heterocycles. The maximum absolute atomic E-state index is 13.4. The van der Waals surface area contributed by atoms with E-state index in [1.165, 1.54) is 6.07 Å². The molecule has 21 heavy (non-hydrogen) atoms. The summed E-state index contributed by atoms with van der Waals surface area (Å²) < 4.78 is 26.8. The van der Waals surface area contributed by atoms with Crippen LogP contribution in [0.4, 0.5) is 20.2 Å². The van der Waals surface area contributed by atoms with Gasteiger partial charge in [-0.25, -0.2) is 8.78 Å². The number of carbonyl (C=O) groups is 1. The first-order chi connectivity index (χ1) is 10.1. The molecule has 5 heteroatoms. The minimum atomic E-state index is -0.795. The van der Waals surface area contributed by atoms with E-state index in [-0.39, 0.29) is 6.54 Å². The fourth-order valence-electron chi connectivity index (χ4n) is 1.88. The molecule has 2 N–H and O–H groups in total. The number of para-hydroxylation sites is 1. The largest absolute Gasteiger partial charge is 0.376 e. The Morgan fingerprint density at radius 2 is 1.76 bits per heavy atom. The molecule has 2 aromatic rings. The Kier molecular flexibility index (Phi) is 4.87. The van der Waals surface area contributed by atoms with Crippen molar-refractivity contribution in [3.05, 3.63) is 59.7 Å². The van der Waals surface area contributed by atoms with Crippen LogP contribution in [-0.4, -0.2) is 12.5 Å². The lowest BCUT2D eigenvalue weighted by molar-refractivity contribution is -0.114. The van der Waals surface area contributed by atoms with Crippen LogP contribution in [0.15, 0.2) is 42.5 Å². The lowest BCUT2D eigenvalue weighted by Gasteiger charge is -2.10. The van der Waals surface area contributed by atoms with Gasteiger partial charge in [0.05, 0.1) is 6.54 Å². The molecule has 0 unspecified atom stereocenters. The van der Waals surface area contributed by atoms with Gasteiger partial charge in [0.25, 0.3) is 0 Å². The van der Waals surface area contributed by atoms with Crippen LogP contribution in [0.2, 0.25) is 0 Å². The predicted octanol–water partition coefficient (Wildman–Crippen LogP) is 3.58. The summed E-state index contributed by atoms with van der Waals surface area (Å²) in [5.41, 5.74) is 1.51. The third-order valence-corrected chi connectivity index (χ3v) is 3.02. The van der Waals surface area contributed by atoms with Gasteiger partial charge >= 0.3 is 0 Å².